The van der Waals surface area contributed by atoms with E-state index in [0.29, 0.717) is 19.3 Å². The first kappa shape index (κ1) is 62.5. The Kier molecular flexibility index (Phi) is 46.8. The molecule has 12 heteroatoms. The summed E-state index contributed by atoms with van der Waals surface area (Å²) < 4.78 is 39.4. The van der Waals surface area contributed by atoms with Crippen LogP contribution in [0.2, 0.25) is 0 Å². The van der Waals surface area contributed by atoms with Gasteiger partial charge in [-0.1, -0.05) is 239 Å². The van der Waals surface area contributed by atoms with Crippen molar-refractivity contribution in [2.45, 2.75) is 290 Å². The Labute approximate surface area is 393 Å². The maximum absolute atomic E-state index is 12.8. The summed E-state index contributed by atoms with van der Waals surface area (Å²) in [6.45, 7) is 4.67. The van der Waals surface area contributed by atoms with Crippen LogP contribution in [0.1, 0.15) is 278 Å². The van der Waals surface area contributed by atoms with Crippen LogP contribution >= 0.6 is 7.82 Å². The van der Waals surface area contributed by atoms with E-state index in [1.165, 1.54) is 161 Å². The summed E-state index contributed by atoms with van der Waals surface area (Å²) >= 11 is 0. The smallest absolute Gasteiger partial charge is 0.462 e. The first-order chi connectivity index (χ1) is 31.2. The molecule has 0 aliphatic heterocycles. The molecule has 0 aromatic rings. The fourth-order valence-electron chi connectivity index (χ4n) is 7.89. The Morgan fingerprint density at radius 1 is 0.375 bits per heavy atom. The fourth-order valence-corrected chi connectivity index (χ4v) is 8.67. The molecule has 0 aromatic heterocycles. The average Bonchev–Trinajstić information content (AvgIpc) is 3.28. The number of unbranched alkanes of at least 4 members (excludes halogenated alkanes) is 34. The molecule has 64 heavy (non-hydrogen) atoms. The molecule has 0 radical (unpaired) electrons. The van der Waals surface area contributed by atoms with Gasteiger partial charge in [-0.05, 0) is 19.3 Å². The van der Waals surface area contributed by atoms with Crippen LogP contribution in [-0.2, 0) is 42.2 Å². The van der Waals surface area contributed by atoms with Gasteiger partial charge < -0.3 is 24.2 Å². The van der Waals surface area contributed by atoms with Gasteiger partial charge in [-0.25, -0.2) is 4.57 Å². The summed E-state index contributed by atoms with van der Waals surface area (Å²) in [5.41, 5.74) is 0. The SMILES string of the molecule is CCCCCCCCCCCCCCCCCC(=O)OCC(COP(=O)(O)OCC(CO)OC(=O)CCCCCCCCCCCCC)OC(=O)CCCCCCCCCCCCC. The van der Waals surface area contributed by atoms with E-state index in [9.17, 15) is 28.9 Å². The lowest BCUT2D eigenvalue weighted by Crippen LogP contribution is -2.30. The number of rotatable bonds is 51. The molecule has 0 spiro atoms. The molecule has 0 rings (SSSR count). The number of hydrogen-bond acceptors (Lipinski definition) is 10. The van der Waals surface area contributed by atoms with E-state index in [1.54, 1.807) is 0 Å². The summed E-state index contributed by atoms with van der Waals surface area (Å²) in [5, 5.41) is 9.76. The molecular formula is C52H101O11P. The number of carbonyl (C=O) groups excluding carboxylic acids is 3. The molecule has 0 heterocycles. The predicted octanol–water partition coefficient (Wildman–Crippen LogP) is 15.1. The van der Waals surface area contributed by atoms with E-state index in [4.69, 9.17) is 23.3 Å². The fraction of sp³-hybridized carbons (Fsp3) is 0.942. The third-order valence-electron chi connectivity index (χ3n) is 12.0. The monoisotopic (exact) mass is 933 g/mol. The molecule has 380 valence electrons. The van der Waals surface area contributed by atoms with Gasteiger partial charge in [-0.15, -0.1) is 0 Å². The lowest BCUT2D eigenvalue weighted by molar-refractivity contribution is -0.161. The van der Waals surface area contributed by atoms with Crippen LogP contribution in [0.5, 0.6) is 0 Å². The Morgan fingerprint density at radius 3 is 0.922 bits per heavy atom. The minimum absolute atomic E-state index is 0.177. The number of ether oxygens (including phenoxy) is 3. The van der Waals surface area contributed by atoms with Crippen LogP contribution in [0, 0.1) is 0 Å². The van der Waals surface area contributed by atoms with Gasteiger partial charge in [0.2, 0.25) is 0 Å². The normalized spacial score (nSPS) is 13.4. The Balaban J connectivity index is 4.66. The van der Waals surface area contributed by atoms with Crippen molar-refractivity contribution in [3.05, 3.63) is 0 Å². The van der Waals surface area contributed by atoms with Crippen molar-refractivity contribution in [3.63, 3.8) is 0 Å². The Hall–Kier alpha value is -1.52. The van der Waals surface area contributed by atoms with E-state index in [0.717, 1.165) is 57.8 Å². The number of carbonyl (C=O) groups is 3. The van der Waals surface area contributed by atoms with Crippen LogP contribution in [0.4, 0.5) is 0 Å². The summed E-state index contributed by atoms with van der Waals surface area (Å²) in [6, 6.07) is 0. The zero-order valence-electron chi connectivity index (χ0n) is 41.8. The number of aliphatic hydroxyl groups excluding tert-OH is 1. The van der Waals surface area contributed by atoms with E-state index in [-0.39, 0.29) is 25.9 Å². The number of hydrogen-bond donors (Lipinski definition) is 2. The van der Waals surface area contributed by atoms with Gasteiger partial charge in [0.1, 0.15) is 12.7 Å². The highest BCUT2D eigenvalue weighted by Crippen LogP contribution is 2.43. The van der Waals surface area contributed by atoms with Crippen molar-refractivity contribution in [2.24, 2.45) is 0 Å². The van der Waals surface area contributed by atoms with Gasteiger partial charge in [0.05, 0.1) is 19.8 Å². The third-order valence-corrected chi connectivity index (χ3v) is 13.0. The number of aliphatic hydroxyl groups is 1. The summed E-state index contributed by atoms with van der Waals surface area (Å²) in [5.74, 6) is -1.43. The highest BCUT2D eigenvalue weighted by atomic mass is 31.2. The van der Waals surface area contributed by atoms with E-state index in [1.807, 2.05) is 0 Å². The minimum Gasteiger partial charge on any atom is -0.462 e. The predicted molar refractivity (Wildman–Crippen MR) is 261 cm³/mol. The third kappa shape index (κ3) is 45.6. The van der Waals surface area contributed by atoms with Gasteiger partial charge in [-0.3, -0.25) is 23.4 Å². The van der Waals surface area contributed by atoms with Gasteiger partial charge >= 0.3 is 25.7 Å². The van der Waals surface area contributed by atoms with Gasteiger partial charge in [0.25, 0.3) is 0 Å². The van der Waals surface area contributed by atoms with Crippen molar-refractivity contribution in [1.82, 2.24) is 0 Å². The van der Waals surface area contributed by atoms with E-state index in [2.05, 4.69) is 20.8 Å². The van der Waals surface area contributed by atoms with Crippen LogP contribution in [0.3, 0.4) is 0 Å². The Morgan fingerprint density at radius 2 is 0.625 bits per heavy atom. The standard InChI is InChI=1S/C52H101O11P/c1-4-7-10-13-16-19-22-23-24-25-28-29-32-35-38-41-50(54)59-45-49(63-52(56)43-40-37-34-31-27-21-18-15-12-9-6-3)47-61-64(57,58)60-46-48(44-53)62-51(55)42-39-36-33-30-26-20-17-14-11-8-5-2/h48-49,53H,4-47H2,1-3H3,(H,57,58). The largest absolute Gasteiger partial charge is 0.472 e. The zero-order valence-corrected chi connectivity index (χ0v) is 42.7. The molecule has 0 bridgehead atoms. The maximum atomic E-state index is 12.8. The van der Waals surface area contributed by atoms with Crippen LogP contribution in [0.25, 0.3) is 0 Å². The minimum atomic E-state index is -4.72. The first-order valence-electron chi connectivity index (χ1n) is 26.9. The zero-order chi connectivity index (χ0) is 47.0. The van der Waals surface area contributed by atoms with Crippen LogP contribution in [0.15, 0.2) is 0 Å². The topological polar surface area (TPSA) is 155 Å². The summed E-state index contributed by atoms with van der Waals surface area (Å²) in [6.07, 6.45) is 42.1. The number of phosphoric acid groups is 1. The van der Waals surface area contributed by atoms with Crippen molar-refractivity contribution in [3.8, 4) is 0 Å². The molecule has 0 fully saturated rings. The Bertz CT molecular complexity index is 1090. The van der Waals surface area contributed by atoms with Crippen LogP contribution < -0.4 is 0 Å². The molecular weight excluding hydrogens is 832 g/mol. The molecule has 0 saturated heterocycles. The molecule has 0 aliphatic rings. The van der Waals surface area contributed by atoms with Crippen molar-refractivity contribution in [1.29, 1.82) is 0 Å². The second-order valence-corrected chi connectivity index (χ2v) is 19.9. The van der Waals surface area contributed by atoms with Crippen molar-refractivity contribution < 1.29 is 52.2 Å². The van der Waals surface area contributed by atoms with Gasteiger partial charge in [-0.2, -0.15) is 0 Å². The second-order valence-electron chi connectivity index (χ2n) is 18.4. The van der Waals surface area contributed by atoms with E-state index >= 15 is 0 Å². The lowest BCUT2D eigenvalue weighted by Gasteiger charge is -2.21. The van der Waals surface area contributed by atoms with Crippen molar-refractivity contribution >= 4 is 25.7 Å². The number of esters is 3. The molecule has 3 atom stereocenters. The quantitative estimate of drug-likeness (QED) is 0.0259. The highest BCUT2D eigenvalue weighted by Gasteiger charge is 2.28. The number of phosphoric ester groups is 1. The molecule has 11 nitrogen and oxygen atoms in total. The molecule has 0 saturated carbocycles. The second kappa shape index (κ2) is 48.0. The first-order valence-corrected chi connectivity index (χ1v) is 28.4. The molecule has 0 aromatic carbocycles. The molecule has 2 N–H and O–H groups in total. The molecule has 3 unspecified atom stereocenters. The van der Waals surface area contributed by atoms with E-state index < -0.39 is 57.8 Å². The average molecular weight is 933 g/mol. The highest BCUT2D eigenvalue weighted by molar-refractivity contribution is 7.47. The lowest BCUT2D eigenvalue weighted by atomic mass is 10.0. The van der Waals surface area contributed by atoms with Crippen LogP contribution in [-0.4, -0.2) is 66.5 Å². The van der Waals surface area contributed by atoms with Crippen molar-refractivity contribution in [2.75, 3.05) is 26.4 Å². The van der Waals surface area contributed by atoms with Gasteiger partial charge in [0, 0.05) is 19.3 Å². The maximum Gasteiger partial charge on any atom is 0.472 e. The molecule has 0 aliphatic carbocycles. The van der Waals surface area contributed by atoms with Gasteiger partial charge in [0.15, 0.2) is 6.10 Å². The molecule has 0 amide bonds. The summed E-state index contributed by atoms with van der Waals surface area (Å²) in [7, 11) is -4.72. The summed E-state index contributed by atoms with van der Waals surface area (Å²) in [4.78, 5) is 48.3.